The molecule has 0 N–H and O–H groups in total. The maximum Gasteiger partial charge on any atom is 0.169 e. The Morgan fingerprint density at radius 2 is 0.700 bits per heavy atom. The largest absolute Gasteiger partial charge is 0.200 e. The Labute approximate surface area is 123 Å². The highest BCUT2D eigenvalue weighted by atomic mass is 32.3. The van der Waals surface area contributed by atoms with Gasteiger partial charge in [0.25, 0.3) is 0 Å². The maximum absolute atomic E-state index is 2.38. The average Bonchev–Trinajstić information content (AvgIpc) is 2.56. The molecule has 3 aromatic carbocycles. The predicted molar refractivity (Wildman–Crippen MR) is 90.3 cm³/mol. The highest BCUT2D eigenvalue weighted by Crippen LogP contribution is 2.64. The van der Waals surface area contributed by atoms with Gasteiger partial charge in [-0.25, -0.2) is 0 Å². The van der Waals surface area contributed by atoms with Crippen LogP contribution in [0.15, 0.2) is 106 Å². The SMILES string of the molecule is BS(c1ccccc1)(c1ccccc1)c1ccccc1. The van der Waals surface area contributed by atoms with Crippen LogP contribution in [0.1, 0.15) is 0 Å². The molecule has 0 atom stereocenters. The Bertz CT molecular complexity index is 569. The zero-order valence-electron chi connectivity index (χ0n) is 11.6. The molecule has 0 aromatic heterocycles. The Kier molecular flexibility index (Phi) is 3.66. The molecule has 0 bridgehead atoms. The fourth-order valence-electron chi connectivity index (χ4n) is 2.49. The monoisotopic (exact) mass is 276 g/mol. The Hall–Kier alpha value is -1.93. The van der Waals surface area contributed by atoms with Crippen molar-refractivity contribution in [1.29, 1.82) is 0 Å². The van der Waals surface area contributed by atoms with Crippen molar-refractivity contribution in [3.8, 4) is 0 Å². The van der Waals surface area contributed by atoms with Gasteiger partial charge >= 0.3 is 0 Å². The third-order valence-electron chi connectivity index (χ3n) is 3.64. The quantitative estimate of drug-likeness (QED) is 0.617. The van der Waals surface area contributed by atoms with Crippen molar-refractivity contribution in [2.24, 2.45) is 0 Å². The van der Waals surface area contributed by atoms with Crippen LogP contribution >= 0.6 is 9.88 Å². The second-order valence-electron chi connectivity index (χ2n) is 4.86. The van der Waals surface area contributed by atoms with Gasteiger partial charge in [0.2, 0.25) is 0 Å². The lowest BCUT2D eigenvalue weighted by Gasteiger charge is -2.38. The summed E-state index contributed by atoms with van der Waals surface area (Å²) < 4.78 is 0. The van der Waals surface area contributed by atoms with Gasteiger partial charge in [-0.05, 0) is 14.7 Å². The molecule has 0 spiro atoms. The van der Waals surface area contributed by atoms with Crippen LogP contribution in [0, 0.1) is 0 Å². The molecule has 98 valence electrons. The molecule has 0 aliphatic rings. The Morgan fingerprint density at radius 3 is 0.950 bits per heavy atom. The van der Waals surface area contributed by atoms with E-state index in [1.54, 1.807) is 0 Å². The van der Waals surface area contributed by atoms with E-state index >= 15 is 0 Å². The first-order chi connectivity index (χ1) is 9.82. The molecule has 3 rings (SSSR count). The van der Waals surface area contributed by atoms with Crippen LogP contribution in [-0.2, 0) is 0 Å². The van der Waals surface area contributed by atoms with Gasteiger partial charge in [0.05, 0.1) is 0 Å². The van der Waals surface area contributed by atoms with Crippen molar-refractivity contribution in [2.45, 2.75) is 14.7 Å². The van der Waals surface area contributed by atoms with Gasteiger partial charge in [0.1, 0.15) is 0 Å². The van der Waals surface area contributed by atoms with Crippen LogP contribution < -0.4 is 0 Å². The molecule has 0 radical (unpaired) electrons. The molecule has 0 nitrogen and oxygen atoms in total. The lowest BCUT2D eigenvalue weighted by molar-refractivity contribution is 1.32. The minimum atomic E-state index is -1.18. The van der Waals surface area contributed by atoms with Crippen LogP contribution in [0.2, 0.25) is 0 Å². The van der Waals surface area contributed by atoms with Crippen LogP contribution in [0.25, 0.3) is 0 Å². The van der Waals surface area contributed by atoms with E-state index in [0.29, 0.717) is 0 Å². The zero-order chi connectivity index (χ0) is 13.8. The lowest BCUT2D eigenvalue weighted by atomic mass is 10.4. The van der Waals surface area contributed by atoms with Gasteiger partial charge in [0, 0.05) is 0 Å². The van der Waals surface area contributed by atoms with Crippen LogP contribution in [0.3, 0.4) is 0 Å². The molecule has 2 heteroatoms. The van der Waals surface area contributed by atoms with E-state index in [9.17, 15) is 0 Å². The van der Waals surface area contributed by atoms with Crippen molar-refractivity contribution < 1.29 is 0 Å². The number of hydrogen-bond donors (Lipinski definition) is 0. The molecule has 3 aromatic rings. The second-order valence-corrected chi connectivity index (χ2v) is 8.11. The standard InChI is InChI=1S/C18H17BS/c19-20(16-10-4-1-5-11-16,17-12-6-2-7-13-17)18-14-8-3-9-15-18/h1-15H,19H2. The summed E-state index contributed by atoms with van der Waals surface area (Å²) in [6.45, 7) is 0. The molecule has 0 unspecified atom stereocenters. The predicted octanol–water partition coefficient (Wildman–Crippen LogP) is 4.52. The molecular formula is C18H17BS. The highest BCUT2D eigenvalue weighted by molar-refractivity contribution is 8.50. The van der Waals surface area contributed by atoms with Crippen LogP contribution in [0.5, 0.6) is 0 Å². The van der Waals surface area contributed by atoms with E-state index < -0.39 is 9.88 Å². The van der Waals surface area contributed by atoms with Crippen LogP contribution in [-0.4, -0.2) is 7.12 Å². The normalized spacial score (nSPS) is 12.0. The van der Waals surface area contributed by atoms with E-state index in [2.05, 4.69) is 98.1 Å². The topological polar surface area (TPSA) is 0 Å². The summed E-state index contributed by atoms with van der Waals surface area (Å²) in [6, 6.07) is 32.5. The summed E-state index contributed by atoms with van der Waals surface area (Å²) in [5.74, 6) is 0. The number of benzene rings is 3. The average molecular weight is 276 g/mol. The molecule has 0 aliphatic heterocycles. The molecule has 0 heterocycles. The van der Waals surface area contributed by atoms with Crippen molar-refractivity contribution in [3.05, 3.63) is 91.0 Å². The summed E-state index contributed by atoms with van der Waals surface area (Å²) in [7, 11) is 1.21. The minimum Gasteiger partial charge on any atom is -0.200 e. The number of rotatable bonds is 3. The zero-order valence-corrected chi connectivity index (χ0v) is 12.4. The maximum atomic E-state index is 2.38. The van der Waals surface area contributed by atoms with Gasteiger partial charge in [-0.2, -0.15) is 9.88 Å². The molecule has 0 saturated carbocycles. The van der Waals surface area contributed by atoms with Gasteiger partial charge in [-0.3, -0.25) is 0 Å². The minimum absolute atomic E-state index is 1.18. The van der Waals surface area contributed by atoms with Crippen molar-refractivity contribution >= 4 is 17.0 Å². The van der Waals surface area contributed by atoms with E-state index in [1.807, 2.05) is 0 Å². The van der Waals surface area contributed by atoms with E-state index in [-0.39, 0.29) is 0 Å². The molecular weight excluding hydrogens is 259 g/mol. The van der Waals surface area contributed by atoms with Gasteiger partial charge < -0.3 is 0 Å². The fraction of sp³-hybridized carbons (Fsp3) is 0. The lowest BCUT2D eigenvalue weighted by Crippen LogP contribution is -2.02. The van der Waals surface area contributed by atoms with Gasteiger partial charge in [-0.15, -0.1) is 0 Å². The fourth-order valence-corrected chi connectivity index (χ4v) is 5.41. The van der Waals surface area contributed by atoms with Crippen molar-refractivity contribution in [1.82, 2.24) is 0 Å². The summed E-state index contributed by atoms with van der Waals surface area (Å²) in [4.78, 5) is 4.20. The summed E-state index contributed by atoms with van der Waals surface area (Å²) >= 11 is 0. The first-order valence-corrected chi connectivity index (χ1v) is 8.79. The Morgan fingerprint density at radius 1 is 0.450 bits per heavy atom. The van der Waals surface area contributed by atoms with Crippen LogP contribution in [0.4, 0.5) is 0 Å². The second kappa shape index (κ2) is 5.60. The third kappa shape index (κ3) is 2.27. The Balaban J connectivity index is 2.24. The first kappa shape index (κ1) is 13.1. The third-order valence-corrected chi connectivity index (χ3v) is 7.29. The summed E-state index contributed by atoms with van der Waals surface area (Å²) in [5, 5.41) is 0. The van der Waals surface area contributed by atoms with Crippen molar-refractivity contribution in [2.75, 3.05) is 0 Å². The van der Waals surface area contributed by atoms with E-state index in [1.165, 1.54) is 14.7 Å². The number of hydrogen-bond acceptors (Lipinski definition) is 0. The smallest absolute Gasteiger partial charge is 0.169 e. The van der Waals surface area contributed by atoms with E-state index in [4.69, 9.17) is 0 Å². The molecule has 0 fully saturated rings. The molecule has 0 saturated heterocycles. The molecule has 20 heavy (non-hydrogen) atoms. The molecule has 0 aliphatic carbocycles. The van der Waals surface area contributed by atoms with Gasteiger partial charge in [-0.1, -0.05) is 91.0 Å². The van der Waals surface area contributed by atoms with Crippen molar-refractivity contribution in [3.63, 3.8) is 0 Å². The summed E-state index contributed by atoms with van der Waals surface area (Å²) in [6.07, 6.45) is 0. The molecule has 0 amide bonds. The summed E-state index contributed by atoms with van der Waals surface area (Å²) in [5.41, 5.74) is 0. The van der Waals surface area contributed by atoms with Gasteiger partial charge in [0.15, 0.2) is 7.12 Å². The van der Waals surface area contributed by atoms with E-state index in [0.717, 1.165) is 0 Å². The highest BCUT2D eigenvalue weighted by Gasteiger charge is 2.24. The first-order valence-electron chi connectivity index (χ1n) is 6.75.